The Hall–Kier alpha value is -0.820. The summed E-state index contributed by atoms with van der Waals surface area (Å²) in [7, 11) is 3.40. The van der Waals surface area contributed by atoms with Crippen molar-refractivity contribution in [2.75, 3.05) is 14.1 Å². The second-order valence-electron chi connectivity index (χ2n) is 3.66. The van der Waals surface area contributed by atoms with Crippen LogP contribution in [0.4, 0.5) is 4.79 Å². The minimum absolute atomic E-state index is 0.0862. The maximum Gasteiger partial charge on any atom is 0.294 e. The zero-order valence-corrected chi connectivity index (χ0v) is 12.1. The van der Waals surface area contributed by atoms with Crippen molar-refractivity contribution in [2.45, 2.75) is 37.9 Å². The molecule has 0 atom stereocenters. The minimum Gasteiger partial charge on any atom is -0.466 e. The number of ether oxygens (including phenoxy) is 1. The summed E-state index contributed by atoms with van der Waals surface area (Å²) < 4.78 is 9.72. The monoisotopic (exact) mass is 275 g/mol. The van der Waals surface area contributed by atoms with Crippen LogP contribution in [0.1, 0.15) is 26.7 Å². The van der Waals surface area contributed by atoms with Crippen molar-refractivity contribution in [2.24, 2.45) is 0 Å². The van der Waals surface area contributed by atoms with Gasteiger partial charge in [0.2, 0.25) is 5.16 Å². The van der Waals surface area contributed by atoms with Crippen molar-refractivity contribution in [3.05, 3.63) is 0 Å². The normalized spacial score (nSPS) is 10.6. The van der Waals surface area contributed by atoms with E-state index in [-0.39, 0.29) is 11.3 Å². The Morgan fingerprint density at radius 2 is 2.12 bits per heavy atom. The van der Waals surface area contributed by atoms with E-state index < -0.39 is 0 Å². The fraction of sp³-hybridized carbons (Fsp3) is 0.700. The molecule has 1 heterocycles. The van der Waals surface area contributed by atoms with Crippen molar-refractivity contribution in [1.29, 1.82) is 0 Å². The Morgan fingerprint density at radius 1 is 1.47 bits per heavy atom. The molecule has 5 nitrogen and oxygen atoms in total. The second kappa shape index (κ2) is 6.80. The number of thioether (sulfide) groups is 1. The Kier molecular flexibility index (Phi) is 5.70. The summed E-state index contributed by atoms with van der Waals surface area (Å²) in [4.78, 5) is 17.1. The number of nitrogens with zero attached hydrogens (tertiary/aromatic N) is 3. The summed E-state index contributed by atoms with van der Waals surface area (Å²) in [6.07, 6.45) is 2.05. The molecule has 0 aliphatic carbocycles. The predicted molar refractivity (Wildman–Crippen MR) is 69.8 cm³/mol. The molecule has 0 spiro atoms. The first-order chi connectivity index (χ1) is 8.06. The lowest BCUT2D eigenvalue weighted by atomic mass is 10.2. The maximum atomic E-state index is 11.4. The summed E-state index contributed by atoms with van der Waals surface area (Å²) in [5.74, 6) is 0. The molecule has 0 aliphatic heterocycles. The van der Waals surface area contributed by atoms with Crippen molar-refractivity contribution in [3.8, 4) is 5.19 Å². The first-order valence-corrected chi connectivity index (χ1v) is 7.05. The fourth-order valence-corrected chi connectivity index (χ4v) is 2.34. The predicted octanol–water partition coefficient (Wildman–Crippen LogP) is 2.88. The van der Waals surface area contributed by atoms with Crippen molar-refractivity contribution >= 4 is 28.5 Å². The molecule has 0 aliphatic rings. The Morgan fingerprint density at radius 3 is 2.65 bits per heavy atom. The van der Waals surface area contributed by atoms with Gasteiger partial charge in [0, 0.05) is 37.4 Å². The van der Waals surface area contributed by atoms with Crippen LogP contribution < -0.4 is 4.74 Å². The highest BCUT2D eigenvalue weighted by atomic mass is 32.2. The number of hydrogen-bond acceptors (Lipinski definition) is 6. The van der Waals surface area contributed by atoms with E-state index in [0.717, 1.165) is 24.6 Å². The van der Waals surface area contributed by atoms with E-state index in [0.29, 0.717) is 10.4 Å². The van der Waals surface area contributed by atoms with Crippen LogP contribution in [-0.4, -0.2) is 39.7 Å². The van der Waals surface area contributed by atoms with Crippen LogP contribution in [0.25, 0.3) is 0 Å². The van der Waals surface area contributed by atoms with Gasteiger partial charge in [0.1, 0.15) is 6.10 Å². The molecule has 1 aromatic heterocycles. The molecule has 0 radical (unpaired) electrons. The Bertz CT molecular complexity index is 364. The highest BCUT2D eigenvalue weighted by molar-refractivity contribution is 8.13. The molecule has 0 saturated heterocycles. The SMILES string of the molecule is CCC(CC)Oc1nc(SC(=O)N(C)C)ns1. The van der Waals surface area contributed by atoms with E-state index in [1.807, 2.05) is 0 Å². The third kappa shape index (κ3) is 4.51. The van der Waals surface area contributed by atoms with Crippen LogP contribution in [-0.2, 0) is 0 Å². The summed E-state index contributed by atoms with van der Waals surface area (Å²) in [5.41, 5.74) is 0. The molecule has 1 aromatic rings. The van der Waals surface area contributed by atoms with E-state index in [4.69, 9.17) is 4.74 Å². The van der Waals surface area contributed by atoms with Gasteiger partial charge in [-0.2, -0.15) is 9.36 Å². The van der Waals surface area contributed by atoms with Crippen LogP contribution in [0.15, 0.2) is 5.16 Å². The third-order valence-corrected chi connectivity index (χ3v) is 3.74. The van der Waals surface area contributed by atoms with Gasteiger partial charge in [-0.05, 0) is 12.8 Å². The maximum absolute atomic E-state index is 11.4. The lowest BCUT2D eigenvalue weighted by molar-refractivity contribution is 0.191. The number of carbonyl (C=O) groups is 1. The van der Waals surface area contributed by atoms with Crippen LogP contribution in [0, 0.1) is 0 Å². The van der Waals surface area contributed by atoms with E-state index in [1.54, 1.807) is 14.1 Å². The van der Waals surface area contributed by atoms with Gasteiger partial charge < -0.3 is 9.64 Å². The zero-order chi connectivity index (χ0) is 12.8. The number of amides is 1. The van der Waals surface area contributed by atoms with Gasteiger partial charge in [-0.15, -0.1) is 0 Å². The quantitative estimate of drug-likeness (QED) is 0.773. The van der Waals surface area contributed by atoms with Crippen LogP contribution >= 0.6 is 23.3 Å². The first kappa shape index (κ1) is 14.2. The molecule has 0 saturated carbocycles. The van der Waals surface area contributed by atoms with Crippen LogP contribution in [0.5, 0.6) is 5.19 Å². The fourth-order valence-electron chi connectivity index (χ4n) is 1.05. The molecule has 0 N–H and O–H groups in total. The molecule has 17 heavy (non-hydrogen) atoms. The van der Waals surface area contributed by atoms with Gasteiger partial charge in [-0.3, -0.25) is 4.79 Å². The lowest BCUT2D eigenvalue weighted by Gasteiger charge is -2.11. The smallest absolute Gasteiger partial charge is 0.294 e. The molecular formula is C10H17N3O2S2. The van der Waals surface area contributed by atoms with Gasteiger partial charge in [0.15, 0.2) is 0 Å². The lowest BCUT2D eigenvalue weighted by Crippen LogP contribution is -2.16. The molecular weight excluding hydrogens is 258 g/mol. The highest BCUT2D eigenvalue weighted by Gasteiger charge is 2.14. The van der Waals surface area contributed by atoms with Gasteiger partial charge >= 0.3 is 0 Å². The summed E-state index contributed by atoms with van der Waals surface area (Å²) in [6.45, 7) is 4.14. The largest absolute Gasteiger partial charge is 0.466 e. The number of carbonyl (C=O) groups excluding carboxylic acids is 1. The first-order valence-electron chi connectivity index (χ1n) is 5.46. The van der Waals surface area contributed by atoms with E-state index in [1.165, 1.54) is 16.4 Å². The highest BCUT2D eigenvalue weighted by Crippen LogP contribution is 2.24. The van der Waals surface area contributed by atoms with Gasteiger partial charge in [0.25, 0.3) is 10.4 Å². The molecule has 0 bridgehead atoms. The second-order valence-corrected chi connectivity index (χ2v) is 5.29. The number of aromatic nitrogens is 2. The minimum atomic E-state index is -0.0862. The molecule has 7 heteroatoms. The summed E-state index contributed by atoms with van der Waals surface area (Å²) in [5, 5.41) is 0.902. The van der Waals surface area contributed by atoms with Crippen LogP contribution in [0.3, 0.4) is 0 Å². The third-order valence-electron chi connectivity index (χ3n) is 2.11. The van der Waals surface area contributed by atoms with E-state index >= 15 is 0 Å². The molecule has 0 fully saturated rings. The summed E-state index contributed by atoms with van der Waals surface area (Å²) in [6, 6.07) is 0. The van der Waals surface area contributed by atoms with Crippen molar-refractivity contribution in [1.82, 2.24) is 14.3 Å². The van der Waals surface area contributed by atoms with Gasteiger partial charge in [0.05, 0.1) is 0 Å². The average Bonchev–Trinajstić information content (AvgIpc) is 2.73. The zero-order valence-electron chi connectivity index (χ0n) is 10.5. The van der Waals surface area contributed by atoms with E-state index in [9.17, 15) is 4.79 Å². The average molecular weight is 275 g/mol. The Labute approximate surface area is 110 Å². The van der Waals surface area contributed by atoms with E-state index in [2.05, 4.69) is 23.2 Å². The number of hydrogen-bond donors (Lipinski definition) is 0. The van der Waals surface area contributed by atoms with Crippen LogP contribution in [0.2, 0.25) is 0 Å². The number of rotatable bonds is 5. The molecule has 0 unspecified atom stereocenters. The standard InChI is InChI=1S/C10H17N3O2S2/c1-5-7(6-2)15-9-11-8(12-17-9)16-10(14)13(3)4/h7H,5-6H2,1-4H3. The van der Waals surface area contributed by atoms with Crippen molar-refractivity contribution in [3.63, 3.8) is 0 Å². The topological polar surface area (TPSA) is 55.3 Å². The van der Waals surface area contributed by atoms with Crippen molar-refractivity contribution < 1.29 is 9.53 Å². The molecule has 1 amide bonds. The molecule has 1 rings (SSSR count). The molecule has 96 valence electrons. The molecule has 0 aromatic carbocycles. The van der Waals surface area contributed by atoms with Gasteiger partial charge in [-0.25, -0.2) is 0 Å². The summed E-state index contributed by atoms with van der Waals surface area (Å²) >= 11 is 2.20. The Balaban J connectivity index is 2.56. The van der Waals surface area contributed by atoms with Gasteiger partial charge in [-0.1, -0.05) is 13.8 Å².